The summed E-state index contributed by atoms with van der Waals surface area (Å²) in [5, 5.41) is 0.674. The van der Waals surface area contributed by atoms with Crippen LogP contribution in [0.2, 0.25) is 5.02 Å². The van der Waals surface area contributed by atoms with E-state index in [0.717, 1.165) is 29.4 Å². The van der Waals surface area contributed by atoms with Gasteiger partial charge in [-0.3, -0.25) is 0 Å². The molecule has 2 heteroatoms. The highest BCUT2D eigenvalue weighted by Crippen LogP contribution is 2.34. The predicted octanol–water partition coefficient (Wildman–Crippen LogP) is 10.6. The van der Waals surface area contributed by atoms with Gasteiger partial charge >= 0.3 is 0 Å². The van der Waals surface area contributed by atoms with Gasteiger partial charge in [0.2, 0.25) is 0 Å². The minimum Gasteiger partial charge on any atom is -0.206 e. The molecule has 4 rings (SSSR count). The molecule has 0 nitrogen and oxygen atoms in total. The van der Waals surface area contributed by atoms with E-state index in [-0.39, 0.29) is 5.82 Å². The first kappa shape index (κ1) is 26.9. The maximum absolute atomic E-state index is 14.8. The number of unbranched alkanes of at least 4 members (excludes halogenated alkanes) is 3. The van der Waals surface area contributed by atoms with Gasteiger partial charge in [0.15, 0.2) is 0 Å². The molecule has 36 heavy (non-hydrogen) atoms. The van der Waals surface area contributed by atoms with Crippen LogP contribution in [0.3, 0.4) is 0 Å². The minimum absolute atomic E-state index is 0.136. The van der Waals surface area contributed by atoms with Crippen LogP contribution in [-0.2, 0) is 19.3 Å². The van der Waals surface area contributed by atoms with Crippen molar-refractivity contribution in [2.24, 2.45) is 11.8 Å². The molecule has 0 N–H and O–H groups in total. The molecule has 0 saturated heterocycles. The highest BCUT2D eigenvalue weighted by atomic mass is 35.5. The van der Waals surface area contributed by atoms with Crippen molar-refractivity contribution in [1.82, 2.24) is 0 Å². The normalized spacial score (nSPS) is 17.9. The zero-order chi connectivity index (χ0) is 25.2. The smallest absolute Gasteiger partial charge is 0.131 e. The summed E-state index contributed by atoms with van der Waals surface area (Å²) in [6.45, 7) is 2.27. The molecule has 0 spiro atoms. The summed E-state index contributed by atoms with van der Waals surface area (Å²) in [6, 6.07) is 22.5. The van der Waals surface area contributed by atoms with Crippen LogP contribution in [0.1, 0.15) is 87.8 Å². The van der Waals surface area contributed by atoms with Gasteiger partial charge in [0.1, 0.15) is 5.82 Å². The van der Waals surface area contributed by atoms with Crippen LogP contribution in [-0.4, -0.2) is 0 Å². The Kier molecular flexibility index (Phi) is 10.5. The molecule has 0 aromatic heterocycles. The molecule has 0 bridgehead atoms. The van der Waals surface area contributed by atoms with Gasteiger partial charge in [0.05, 0.1) is 0 Å². The van der Waals surface area contributed by atoms with E-state index in [1.807, 2.05) is 30.3 Å². The Hall–Kier alpha value is -2.12. The molecule has 192 valence electrons. The minimum atomic E-state index is -0.136. The Morgan fingerprint density at radius 3 is 1.81 bits per heavy atom. The second-order valence-corrected chi connectivity index (χ2v) is 11.3. The van der Waals surface area contributed by atoms with E-state index in [0.29, 0.717) is 10.6 Å². The van der Waals surface area contributed by atoms with Crippen LogP contribution in [0.4, 0.5) is 4.39 Å². The second-order valence-electron chi connectivity index (χ2n) is 10.9. The van der Waals surface area contributed by atoms with Crippen LogP contribution in [0, 0.1) is 17.7 Å². The molecular formula is C34H42ClF. The zero-order valence-corrected chi connectivity index (χ0v) is 22.7. The highest BCUT2D eigenvalue weighted by molar-refractivity contribution is 6.30. The van der Waals surface area contributed by atoms with Crippen LogP contribution in [0.25, 0.3) is 11.1 Å². The van der Waals surface area contributed by atoms with E-state index in [1.54, 1.807) is 6.07 Å². The van der Waals surface area contributed by atoms with E-state index < -0.39 is 0 Å². The van der Waals surface area contributed by atoms with Crippen LogP contribution < -0.4 is 0 Å². The standard InChI is InChI=1S/C34H42ClF/c1-2-3-4-5-6-26-7-9-27(10-8-26)11-12-28-13-15-29(16-14-28)17-18-30-19-24-33(34(36)25-30)31-20-22-32(35)23-21-31/h7-10,19-25,28-29H,2-6,11-18H2,1H3. The molecule has 0 aliphatic heterocycles. The first-order chi connectivity index (χ1) is 17.6. The maximum atomic E-state index is 14.8. The summed E-state index contributed by atoms with van der Waals surface area (Å²) in [4.78, 5) is 0. The van der Waals surface area contributed by atoms with Crippen molar-refractivity contribution in [1.29, 1.82) is 0 Å². The van der Waals surface area contributed by atoms with Crippen molar-refractivity contribution in [2.75, 3.05) is 0 Å². The molecular weight excluding hydrogens is 463 g/mol. The SMILES string of the molecule is CCCCCCc1ccc(CCC2CCC(CCc3ccc(-c4ccc(Cl)cc4)c(F)c3)CC2)cc1. The number of hydrogen-bond acceptors (Lipinski definition) is 0. The Morgan fingerprint density at radius 2 is 1.22 bits per heavy atom. The molecule has 0 heterocycles. The van der Waals surface area contributed by atoms with Gasteiger partial charge in [-0.05, 0) is 90.8 Å². The van der Waals surface area contributed by atoms with Gasteiger partial charge in [-0.15, -0.1) is 0 Å². The van der Waals surface area contributed by atoms with Crippen molar-refractivity contribution in [3.63, 3.8) is 0 Å². The zero-order valence-electron chi connectivity index (χ0n) is 22.0. The third kappa shape index (κ3) is 8.20. The van der Waals surface area contributed by atoms with Crippen LogP contribution in [0.15, 0.2) is 66.7 Å². The Balaban J connectivity index is 1.15. The lowest BCUT2D eigenvalue weighted by Crippen LogP contribution is -2.15. The summed E-state index contributed by atoms with van der Waals surface area (Å²) in [5.74, 6) is 1.52. The van der Waals surface area contributed by atoms with E-state index in [2.05, 4.69) is 37.3 Å². The fourth-order valence-electron chi connectivity index (χ4n) is 5.76. The molecule has 1 fully saturated rings. The quantitative estimate of drug-likeness (QED) is 0.215. The molecule has 1 saturated carbocycles. The molecule has 0 unspecified atom stereocenters. The van der Waals surface area contributed by atoms with E-state index >= 15 is 0 Å². The first-order valence-corrected chi connectivity index (χ1v) is 14.6. The Bertz CT molecular complexity index is 1050. The summed E-state index contributed by atoms with van der Waals surface area (Å²) in [6.07, 6.45) is 16.6. The van der Waals surface area contributed by atoms with E-state index in [1.165, 1.54) is 88.2 Å². The summed E-state index contributed by atoms with van der Waals surface area (Å²) >= 11 is 5.97. The van der Waals surface area contributed by atoms with Crippen LogP contribution in [0.5, 0.6) is 0 Å². The molecule has 0 amide bonds. The Labute approximate surface area is 223 Å². The molecule has 3 aromatic rings. The number of hydrogen-bond donors (Lipinski definition) is 0. The first-order valence-electron chi connectivity index (χ1n) is 14.2. The van der Waals surface area contributed by atoms with Crippen LogP contribution >= 0.6 is 11.6 Å². The van der Waals surface area contributed by atoms with Gasteiger partial charge < -0.3 is 0 Å². The number of rotatable bonds is 12. The lowest BCUT2D eigenvalue weighted by atomic mass is 9.77. The average Bonchev–Trinajstić information content (AvgIpc) is 2.91. The summed E-state index contributed by atoms with van der Waals surface area (Å²) in [7, 11) is 0. The Morgan fingerprint density at radius 1 is 0.667 bits per heavy atom. The van der Waals surface area contributed by atoms with Crippen molar-refractivity contribution in [3.8, 4) is 11.1 Å². The fraction of sp³-hybridized carbons (Fsp3) is 0.471. The number of aryl methyl sites for hydroxylation is 3. The maximum Gasteiger partial charge on any atom is 0.131 e. The van der Waals surface area contributed by atoms with Crippen molar-refractivity contribution in [3.05, 3.63) is 94.3 Å². The van der Waals surface area contributed by atoms with Crippen molar-refractivity contribution < 1.29 is 4.39 Å². The van der Waals surface area contributed by atoms with Gasteiger partial charge in [0.25, 0.3) is 0 Å². The lowest BCUT2D eigenvalue weighted by molar-refractivity contribution is 0.253. The third-order valence-electron chi connectivity index (χ3n) is 8.18. The topological polar surface area (TPSA) is 0 Å². The number of benzene rings is 3. The summed E-state index contributed by atoms with van der Waals surface area (Å²) < 4.78 is 14.8. The third-order valence-corrected chi connectivity index (χ3v) is 8.43. The molecule has 1 aliphatic rings. The molecule has 0 radical (unpaired) electrons. The molecule has 1 aliphatic carbocycles. The van der Waals surface area contributed by atoms with Gasteiger partial charge in [-0.25, -0.2) is 4.39 Å². The lowest BCUT2D eigenvalue weighted by Gasteiger charge is -2.28. The van der Waals surface area contributed by atoms with Crippen molar-refractivity contribution in [2.45, 2.75) is 90.4 Å². The second kappa shape index (κ2) is 14.0. The van der Waals surface area contributed by atoms with Gasteiger partial charge in [-0.2, -0.15) is 0 Å². The fourth-order valence-corrected chi connectivity index (χ4v) is 5.88. The van der Waals surface area contributed by atoms with Gasteiger partial charge in [-0.1, -0.05) is 112 Å². The van der Waals surface area contributed by atoms with Crippen molar-refractivity contribution >= 4 is 11.6 Å². The van der Waals surface area contributed by atoms with E-state index in [4.69, 9.17) is 11.6 Å². The largest absolute Gasteiger partial charge is 0.206 e. The highest BCUT2D eigenvalue weighted by Gasteiger charge is 2.21. The number of halogens is 2. The van der Waals surface area contributed by atoms with Gasteiger partial charge in [0, 0.05) is 10.6 Å². The summed E-state index contributed by atoms with van der Waals surface area (Å²) in [5.41, 5.74) is 5.63. The molecule has 0 atom stereocenters. The van der Waals surface area contributed by atoms with E-state index in [9.17, 15) is 4.39 Å². The molecule has 3 aromatic carbocycles. The average molecular weight is 505 g/mol. The predicted molar refractivity (Wildman–Crippen MR) is 153 cm³/mol. The monoisotopic (exact) mass is 504 g/mol.